The summed E-state index contributed by atoms with van der Waals surface area (Å²) < 4.78 is 19.1. The lowest BCUT2D eigenvalue weighted by atomic mass is 10.1. The van der Waals surface area contributed by atoms with E-state index in [0.717, 1.165) is 17.0 Å². The minimum Gasteiger partial charge on any atom is -0.545 e. The minimum atomic E-state index is -1.30. The predicted octanol–water partition coefficient (Wildman–Crippen LogP) is 3.09. The first-order valence-corrected chi connectivity index (χ1v) is 10.5. The highest BCUT2D eigenvalue weighted by Crippen LogP contribution is 2.28. The molecule has 8 nitrogen and oxygen atoms in total. The van der Waals surface area contributed by atoms with Gasteiger partial charge in [-0.3, -0.25) is 14.9 Å². The fourth-order valence-corrected chi connectivity index (χ4v) is 3.48. The Kier molecular flexibility index (Phi) is 6.61. The van der Waals surface area contributed by atoms with E-state index in [4.69, 9.17) is 16.3 Å². The number of anilines is 1. The van der Waals surface area contributed by atoms with Crippen molar-refractivity contribution in [1.82, 2.24) is 5.32 Å². The Morgan fingerprint density at radius 2 is 1.71 bits per heavy atom. The Bertz CT molecular complexity index is 1370. The number of imide groups is 2. The fraction of sp³-hybridized carbons (Fsp3) is 0.0400. The molecule has 0 saturated carbocycles. The topological polar surface area (TPSA) is 116 Å². The standard InChI is InChI=1S/C25H16ClFN2O6/c26-17-5-10-21(35-13-14-1-3-15(4-2-14)24(32)33)16(11-17)12-20-22(30)28-25(34)29(23(20)31)19-8-6-18(27)7-9-19/h1-12H,13H2,(H,32,33)(H,28,30,34)/p-1/b20-12+. The molecule has 1 saturated heterocycles. The van der Waals surface area contributed by atoms with Crippen LogP contribution >= 0.6 is 11.6 Å². The van der Waals surface area contributed by atoms with Crippen LogP contribution in [0.5, 0.6) is 5.75 Å². The maximum absolute atomic E-state index is 13.3. The van der Waals surface area contributed by atoms with Gasteiger partial charge in [-0.05, 0) is 59.7 Å². The number of nitrogens with zero attached hydrogens (tertiary/aromatic N) is 1. The molecular formula is C25H15ClFN2O6-. The molecule has 4 amide bonds. The number of hydrogen-bond acceptors (Lipinski definition) is 6. The van der Waals surface area contributed by atoms with Crippen LogP contribution < -0.4 is 20.1 Å². The molecule has 35 heavy (non-hydrogen) atoms. The number of barbiturate groups is 1. The van der Waals surface area contributed by atoms with Crippen molar-refractivity contribution in [2.45, 2.75) is 6.61 Å². The van der Waals surface area contributed by atoms with Gasteiger partial charge in [-0.2, -0.15) is 0 Å². The van der Waals surface area contributed by atoms with Crippen LogP contribution in [0.2, 0.25) is 5.02 Å². The smallest absolute Gasteiger partial charge is 0.335 e. The highest BCUT2D eigenvalue weighted by atomic mass is 35.5. The molecular weight excluding hydrogens is 479 g/mol. The number of carboxylic acids is 1. The first-order valence-electron chi connectivity index (χ1n) is 10.1. The van der Waals surface area contributed by atoms with Gasteiger partial charge >= 0.3 is 6.03 Å². The number of benzene rings is 3. The van der Waals surface area contributed by atoms with Gasteiger partial charge in [-0.25, -0.2) is 14.1 Å². The Balaban J connectivity index is 1.63. The quantitative estimate of drug-likeness (QED) is 0.417. The summed E-state index contributed by atoms with van der Waals surface area (Å²) in [5, 5.41) is 13.3. The van der Waals surface area contributed by atoms with Gasteiger partial charge in [0.25, 0.3) is 11.8 Å². The summed E-state index contributed by atoms with van der Waals surface area (Å²) in [5.74, 6) is -3.40. The van der Waals surface area contributed by atoms with E-state index in [9.17, 15) is 28.7 Å². The van der Waals surface area contributed by atoms with Gasteiger partial charge in [0.15, 0.2) is 0 Å². The molecule has 1 N–H and O–H groups in total. The Morgan fingerprint density at radius 1 is 1.03 bits per heavy atom. The zero-order valence-corrected chi connectivity index (χ0v) is 18.5. The summed E-state index contributed by atoms with van der Waals surface area (Å²) in [7, 11) is 0. The summed E-state index contributed by atoms with van der Waals surface area (Å²) in [5.41, 5.74) is 0.681. The van der Waals surface area contributed by atoms with Crippen LogP contribution in [0.25, 0.3) is 6.08 Å². The lowest BCUT2D eigenvalue weighted by Gasteiger charge is -2.26. The second-order valence-electron chi connectivity index (χ2n) is 7.39. The van der Waals surface area contributed by atoms with Gasteiger partial charge < -0.3 is 14.6 Å². The normalized spacial score (nSPS) is 14.7. The zero-order valence-electron chi connectivity index (χ0n) is 17.8. The van der Waals surface area contributed by atoms with Crippen LogP contribution in [0, 0.1) is 5.82 Å². The number of carbonyl (C=O) groups excluding carboxylic acids is 4. The number of rotatable bonds is 6. The molecule has 4 rings (SSSR count). The lowest BCUT2D eigenvalue weighted by Crippen LogP contribution is -2.54. The average Bonchev–Trinajstić information content (AvgIpc) is 2.82. The van der Waals surface area contributed by atoms with E-state index in [1.165, 1.54) is 36.4 Å². The third-order valence-electron chi connectivity index (χ3n) is 5.04. The summed E-state index contributed by atoms with van der Waals surface area (Å²) in [6, 6.07) is 14.1. The molecule has 3 aromatic rings. The molecule has 10 heteroatoms. The summed E-state index contributed by atoms with van der Waals surface area (Å²) in [6.45, 7) is 0.0471. The first-order chi connectivity index (χ1) is 16.7. The van der Waals surface area contributed by atoms with Crippen LogP contribution in [0.3, 0.4) is 0 Å². The number of halogens is 2. The highest BCUT2D eigenvalue weighted by Gasteiger charge is 2.37. The van der Waals surface area contributed by atoms with Crippen molar-refractivity contribution in [2.24, 2.45) is 0 Å². The van der Waals surface area contributed by atoms with Crippen molar-refractivity contribution in [3.8, 4) is 5.75 Å². The number of urea groups is 1. The molecule has 0 atom stereocenters. The molecule has 1 aliphatic heterocycles. The van der Waals surface area contributed by atoms with E-state index in [1.54, 1.807) is 24.3 Å². The number of hydrogen-bond donors (Lipinski definition) is 1. The van der Waals surface area contributed by atoms with Crippen LogP contribution in [-0.2, 0) is 16.2 Å². The molecule has 0 spiro atoms. The molecule has 1 aliphatic rings. The molecule has 0 aliphatic carbocycles. The maximum Gasteiger partial charge on any atom is 0.335 e. The van der Waals surface area contributed by atoms with E-state index in [1.807, 2.05) is 0 Å². The lowest BCUT2D eigenvalue weighted by molar-refractivity contribution is -0.255. The van der Waals surface area contributed by atoms with Crippen molar-refractivity contribution in [3.63, 3.8) is 0 Å². The van der Waals surface area contributed by atoms with Crippen LogP contribution in [0.15, 0.2) is 72.3 Å². The molecule has 0 unspecified atom stereocenters. The molecule has 1 fully saturated rings. The number of carboxylic acid groups (broad SMARTS) is 1. The van der Waals surface area contributed by atoms with Crippen molar-refractivity contribution >= 4 is 47.2 Å². The zero-order chi connectivity index (χ0) is 25.1. The monoisotopic (exact) mass is 493 g/mol. The van der Waals surface area contributed by atoms with Crippen molar-refractivity contribution in [2.75, 3.05) is 4.90 Å². The Labute approximate surface area is 203 Å². The molecule has 0 radical (unpaired) electrons. The molecule has 3 aromatic carbocycles. The van der Waals surface area contributed by atoms with Crippen molar-refractivity contribution in [3.05, 3.63) is 99.8 Å². The highest BCUT2D eigenvalue weighted by molar-refractivity contribution is 6.39. The van der Waals surface area contributed by atoms with Crippen molar-refractivity contribution in [1.29, 1.82) is 0 Å². The molecule has 0 bridgehead atoms. The third kappa shape index (κ3) is 5.20. The first kappa shape index (κ1) is 23.7. The summed E-state index contributed by atoms with van der Waals surface area (Å²) >= 11 is 6.10. The third-order valence-corrected chi connectivity index (χ3v) is 5.28. The summed E-state index contributed by atoms with van der Waals surface area (Å²) in [4.78, 5) is 49.5. The predicted molar refractivity (Wildman–Crippen MR) is 122 cm³/mol. The maximum atomic E-state index is 13.3. The molecule has 176 valence electrons. The molecule has 0 aromatic heterocycles. The van der Waals surface area contributed by atoms with E-state index in [0.29, 0.717) is 10.6 Å². The van der Waals surface area contributed by atoms with E-state index < -0.39 is 29.6 Å². The summed E-state index contributed by atoms with van der Waals surface area (Å²) in [6.07, 6.45) is 1.24. The SMILES string of the molecule is O=C1NC(=O)N(c2ccc(F)cc2)C(=O)/C1=C/c1cc(Cl)ccc1OCc1ccc(C(=O)[O-])cc1. The Morgan fingerprint density at radius 3 is 2.37 bits per heavy atom. The van der Waals surface area contributed by atoms with Crippen LogP contribution in [0.1, 0.15) is 21.5 Å². The van der Waals surface area contributed by atoms with Crippen molar-refractivity contribution < 1.29 is 33.4 Å². The minimum absolute atomic E-state index is 0.0211. The number of amides is 4. The number of nitrogens with one attached hydrogen (secondary N) is 1. The van der Waals surface area contributed by atoms with Gasteiger partial charge in [0, 0.05) is 10.6 Å². The van der Waals surface area contributed by atoms with E-state index in [2.05, 4.69) is 5.32 Å². The largest absolute Gasteiger partial charge is 0.545 e. The number of ether oxygens (including phenoxy) is 1. The number of carbonyl (C=O) groups is 4. The fourth-order valence-electron chi connectivity index (χ4n) is 3.30. The van der Waals surface area contributed by atoms with Crippen LogP contribution in [-0.4, -0.2) is 23.8 Å². The van der Waals surface area contributed by atoms with Gasteiger partial charge in [0.2, 0.25) is 0 Å². The second kappa shape index (κ2) is 9.78. The van der Waals surface area contributed by atoms with Gasteiger partial charge in [-0.1, -0.05) is 35.9 Å². The number of aromatic carboxylic acids is 1. The van der Waals surface area contributed by atoms with E-state index >= 15 is 0 Å². The van der Waals surface area contributed by atoms with Gasteiger partial charge in [0.1, 0.15) is 23.7 Å². The van der Waals surface area contributed by atoms with Gasteiger partial charge in [0.05, 0.1) is 11.7 Å². The second-order valence-corrected chi connectivity index (χ2v) is 7.83. The molecule has 1 heterocycles. The average molecular weight is 494 g/mol. The Hall–Kier alpha value is -4.50. The van der Waals surface area contributed by atoms with Crippen LogP contribution in [0.4, 0.5) is 14.9 Å². The van der Waals surface area contributed by atoms with E-state index in [-0.39, 0.29) is 34.7 Å². The van der Waals surface area contributed by atoms with Gasteiger partial charge in [-0.15, -0.1) is 0 Å².